The van der Waals surface area contributed by atoms with E-state index < -0.39 is 0 Å². The first-order valence-electron chi connectivity index (χ1n) is 7.44. The first-order valence-corrected chi connectivity index (χ1v) is 9.11. The lowest BCUT2D eigenvalue weighted by molar-refractivity contribution is 0.120. The molecule has 20 heavy (non-hydrogen) atoms. The van der Waals surface area contributed by atoms with E-state index >= 15 is 0 Å². The number of likely N-dealkylation sites (N-methyl/N-ethyl adjacent to an activating group) is 1. The van der Waals surface area contributed by atoms with Gasteiger partial charge >= 0.3 is 0 Å². The van der Waals surface area contributed by atoms with Gasteiger partial charge in [0.25, 0.3) is 0 Å². The predicted octanol–water partition coefficient (Wildman–Crippen LogP) is 2.90. The highest BCUT2D eigenvalue weighted by Crippen LogP contribution is 2.39. The molecule has 2 atom stereocenters. The number of nitrogens with two attached hydrogens (primary N) is 1. The van der Waals surface area contributed by atoms with E-state index in [-0.39, 0.29) is 5.54 Å². The molecule has 1 aliphatic heterocycles. The number of halogens is 1. The normalized spacial score (nSPS) is 31.4. The lowest BCUT2D eigenvalue weighted by Gasteiger charge is -2.38. The molecule has 1 aromatic heterocycles. The molecule has 112 valence electrons. The maximum absolute atomic E-state index is 6.20. The summed E-state index contributed by atoms with van der Waals surface area (Å²) in [7, 11) is 2.24. The van der Waals surface area contributed by atoms with Crippen molar-refractivity contribution in [2.75, 3.05) is 20.1 Å². The number of nitrogens with zero attached hydrogens (tertiary/aromatic N) is 2. The van der Waals surface area contributed by atoms with E-state index in [2.05, 4.69) is 51.1 Å². The van der Waals surface area contributed by atoms with Crippen molar-refractivity contribution in [1.29, 1.82) is 0 Å². The maximum Gasteiger partial charge on any atom is 0.0701 e. The number of thiophene rings is 1. The van der Waals surface area contributed by atoms with Crippen LogP contribution in [0.4, 0.5) is 0 Å². The third-order valence-corrected chi connectivity index (χ3v) is 6.52. The standard InChI is InChI=1S/C15H24BrN3S/c1-11-6-15(9-17,10-19(11)13-3-4-13)18(2)7-12-5-14(16)20-8-12/h5,8,11,13H,3-4,6-7,9-10,17H2,1-2H3. The molecule has 2 heterocycles. The summed E-state index contributed by atoms with van der Waals surface area (Å²) in [5.74, 6) is 0. The molecule has 0 amide bonds. The SMILES string of the molecule is CC1CC(CN)(N(C)Cc2csc(Br)c2)CN1C1CC1. The minimum Gasteiger partial charge on any atom is -0.329 e. The molecule has 2 N–H and O–H groups in total. The van der Waals surface area contributed by atoms with Crippen molar-refractivity contribution in [3.05, 3.63) is 20.8 Å². The van der Waals surface area contributed by atoms with Crippen LogP contribution in [0.1, 0.15) is 31.7 Å². The second-order valence-corrected chi connectivity index (χ2v) is 8.79. The lowest BCUT2D eigenvalue weighted by atomic mass is 9.94. The molecular weight excluding hydrogens is 334 g/mol. The second kappa shape index (κ2) is 5.69. The average molecular weight is 358 g/mol. The van der Waals surface area contributed by atoms with E-state index in [9.17, 15) is 0 Å². The molecular formula is C15H24BrN3S. The fourth-order valence-corrected chi connectivity index (χ4v) is 4.77. The molecule has 1 saturated heterocycles. The van der Waals surface area contributed by atoms with Crippen LogP contribution in [0.5, 0.6) is 0 Å². The summed E-state index contributed by atoms with van der Waals surface area (Å²) in [6, 6.07) is 3.73. The van der Waals surface area contributed by atoms with Crippen LogP contribution >= 0.6 is 27.3 Å². The van der Waals surface area contributed by atoms with Gasteiger partial charge < -0.3 is 5.73 Å². The maximum atomic E-state index is 6.20. The highest BCUT2D eigenvalue weighted by molar-refractivity contribution is 9.11. The summed E-state index contributed by atoms with van der Waals surface area (Å²) in [5.41, 5.74) is 7.73. The van der Waals surface area contributed by atoms with Gasteiger partial charge in [0.15, 0.2) is 0 Å². The summed E-state index contributed by atoms with van der Waals surface area (Å²) in [4.78, 5) is 5.17. The van der Waals surface area contributed by atoms with Crippen molar-refractivity contribution >= 4 is 27.3 Å². The van der Waals surface area contributed by atoms with Crippen LogP contribution in [0.15, 0.2) is 15.2 Å². The molecule has 2 aliphatic rings. The van der Waals surface area contributed by atoms with Crippen LogP contribution in [-0.2, 0) is 6.54 Å². The van der Waals surface area contributed by atoms with Gasteiger partial charge in [-0.2, -0.15) is 0 Å². The Bertz CT molecular complexity index is 473. The van der Waals surface area contributed by atoms with Crippen molar-refractivity contribution in [3.8, 4) is 0 Å². The van der Waals surface area contributed by atoms with E-state index in [0.29, 0.717) is 6.04 Å². The first-order chi connectivity index (χ1) is 9.54. The van der Waals surface area contributed by atoms with Gasteiger partial charge in [-0.15, -0.1) is 11.3 Å². The monoisotopic (exact) mass is 357 g/mol. The minimum atomic E-state index is 0.149. The van der Waals surface area contributed by atoms with Gasteiger partial charge in [-0.3, -0.25) is 9.80 Å². The van der Waals surface area contributed by atoms with E-state index in [1.807, 2.05) is 0 Å². The molecule has 0 radical (unpaired) electrons. The van der Waals surface area contributed by atoms with Crippen molar-refractivity contribution in [1.82, 2.24) is 9.80 Å². The van der Waals surface area contributed by atoms with Crippen LogP contribution in [0, 0.1) is 0 Å². The zero-order valence-electron chi connectivity index (χ0n) is 12.3. The fraction of sp³-hybridized carbons (Fsp3) is 0.733. The van der Waals surface area contributed by atoms with E-state index in [1.165, 1.54) is 28.6 Å². The molecule has 1 aliphatic carbocycles. The van der Waals surface area contributed by atoms with Crippen molar-refractivity contribution in [2.45, 2.75) is 50.4 Å². The van der Waals surface area contributed by atoms with Gasteiger partial charge in [0.2, 0.25) is 0 Å². The Morgan fingerprint density at radius 1 is 1.55 bits per heavy atom. The van der Waals surface area contributed by atoms with Crippen LogP contribution < -0.4 is 5.73 Å². The summed E-state index contributed by atoms with van der Waals surface area (Å²) in [6.45, 7) is 5.24. The summed E-state index contributed by atoms with van der Waals surface area (Å²) < 4.78 is 1.21. The summed E-state index contributed by atoms with van der Waals surface area (Å²) in [6.07, 6.45) is 3.96. The van der Waals surface area contributed by atoms with Crippen molar-refractivity contribution < 1.29 is 0 Å². The largest absolute Gasteiger partial charge is 0.329 e. The highest BCUT2D eigenvalue weighted by atomic mass is 79.9. The van der Waals surface area contributed by atoms with Crippen molar-refractivity contribution in [2.24, 2.45) is 5.73 Å². The zero-order valence-corrected chi connectivity index (χ0v) is 14.7. The fourth-order valence-electron chi connectivity index (χ4n) is 3.57. The van der Waals surface area contributed by atoms with Crippen molar-refractivity contribution in [3.63, 3.8) is 0 Å². The molecule has 2 fully saturated rings. The highest BCUT2D eigenvalue weighted by Gasteiger charge is 2.48. The second-order valence-electron chi connectivity index (χ2n) is 6.50. The van der Waals surface area contributed by atoms with Gasteiger partial charge in [0.05, 0.1) is 3.79 Å². The molecule has 0 aromatic carbocycles. The summed E-state index contributed by atoms with van der Waals surface area (Å²) >= 11 is 5.31. The third-order valence-electron chi connectivity index (χ3n) is 4.97. The van der Waals surface area contributed by atoms with Crippen LogP contribution in [0.2, 0.25) is 0 Å². The molecule has 5 heteroatoms. The lowest BCUT2D eigenvalue weighted by Crippen LogP contribution is -2.53. The van der Waals surface area contributed by atoms with Gasteiger partial charge in [-0.25, -0.2) is 0 Å². The van der Waals surface area contributed by atoms with Crippen LogP contribution in [-0.4, -0.2) is 47.6 Å². The Morgan fingerprint density at radius 2 is 2.30 bits per heavy atom. The Hall–Kier alpha value is 0.0600. The summed E-state index contributed by atoms with van der Waals surface area (Å²) in [5, 5.41) is 2.24. The Balaban J connectivity index is 1.71. The Kier molecular flexibility index (Phi) is 4.26. The molecule has 0 spiro atoms. The molecule has 0 bridgehead atoms. The first kappa shape index (κ1) is 15.0. The number of rotatable bonds is 5. The molecule has 3 nitrogen and oxygen atoms in total. The zero-order chi connectivity index (χ0) is 14.3. The Morgan fingerprint density at radius 3 is 2.85 bits per heavy atom. The smallest absolute Gasteiger partial charge is 0.0701 e. The van der Waals surface area contributed by atoms with Gasteiger partial charge in [-0.05, 0) is 66.2 Å². The van der Waals surface area contributed by atoms with E-state index in [4.69, 9.17) is 5.73 Å². The third kappa shape index (κ3) is 2.83. The van der Waals surface area contributed by atoms with Gasteiger partial charge in [-0.1, -0.05) is 0 Å². The quantitative estimate of drug-likeness (QED) is 0.879. The molecule has 1 saturated carbocycles. The predicted molar refractivity (Wildman–Crippen MR) is 89.1 cm³/mol. The minimum absolute atomic E-state index is 0.149. The van der Waals surface area contributed by atoms with Crippen LogP contribution in [0.3, 0.4) is 0 Å². The van der Waals surface area contributed by atoms with Gasteiger partial charge in [0.1, 0.15) is 0 Å². The Labute approximate surface area is 134 Å². The average Bonchev–Trinajstić information content (AvgIpc) is 3.09. The van der Waals surface area contributed by atoms with Gasteiger partial charge in [0, 0.05) is 37.3 Å². The number of hydrogen-bond donors (Lipinski definition) is 1. The van der Waals surface area contributed by atoms with E-state index in [1.54, 1.807) is 11.3 Å². The molecule has 3 rings (SSSR count). The van der Waals surface area contributed by atoms with Crippen LogP contribution in [0.25, 0.3) is 0 Å². The topological polar surface area (TPSA) is 32.5 Å². The number of hydrogen-bond acceptors (Lipinski definition) is 4. The van der Waals surface area contributed by atoms with E-state index in [0.717, 1.165) is 25.7 Å². The number of likely N-dealkylation sites (tertiary alicyclic amines) is 1. The molecule has 2 unspecified atom stereocenters. The molecule has 1 aromatic rings.